The molecule has 0 spiro atoms. The first-order valence-electron chi connectivity index (χ1n) is 6.01. The summed E-state index contributed by atoms with van der Waals surface area (Å²) in [7, 11) is 1.75. The molecule has 3 nitrogen and oxygen atoms in total. The number of nitrogens with zero attached hydrogens (tertiary/aromatic N) is 1. The van der Waals surface area contributed by atoms with E-state index in [1.807, 2.05) is 18.2 Å². The van der Waals surface area contributed by atoms with E-state index in [2.05, 4.69) is 17.0 Å². The fraction of sp³-hybridized carbons (Fsp3) is 0.429. The summed E-state index contributed by atoms with van der Waals surface area (Å²) in [6, 6.07) is 8.12. The predicted octanol–water partition coefficient (Wildman–Crippen LogP) is 2.05. The summed E-state index contributed by atoms with van der Waals surface area (Å²) < 4.78 is 5.15. The van der Waals surface area contributed by atoms with Gasteiger partial charge in [-0.15, -0.1) is 0 Å². The molecule has 1 heterocycles. The Bertz CT molecular complexity index is 401. The number of nitrogens with two attached hydrogens (primary N) is 1. The molecule has 92 valence electrons. The van der Waals surface area contributed by atoms with Crippen LogP contribution in [0.2, 0.25) is 0 Å². The van der Waals surface area contributed by atoms with E-state index < -0.39 is 0 Å². The Balaban J connectivity index is 1.90. The summed E-state index contributed by atoms with van der Waals surface area (Å²) in [6.45, 7) is 3.85. The first-order valence-corrected chi connectivity index (χ1v) is 6.01. The third-order valence-electron chi connectivity index (χ3n) is 3.07. The van der Waals surface area contributed by atoms with Crippen LogP contribution in [-0.4, -0.2) is 31.7 Å². The molecular formula is C14H20N2O. The molecule has 0 aliphatic carbocycles. The highest BCUT2D eigenvalue weighted by Gasteiger charge is 2.11. The number of hydrogen-bond donors (Lipinski definition) is 1. The summed E-state index contributed by atoms with van der Waals surface area (Å²) in [5, 5.41) is 0. The molecule has 0 bridgehead atoms. The van der Waals surface area contributed by atoms with E-state index >= 15 is 0 Å². The van der Waals surface area contributed by atoms with E-state index in [0.29, 0.717) is 0 Å². The van der Waals surface area contributed by atoms with Gasteiger partial charge in [0, 0.05) is 32.4 Å². The van der Waals surface area contributed by atoms with Crippen molar-refractivity contribution in [1.82, 2.24) is 4.90 Å². The molecule has 0 aromatic heterocycles. The van der Waals surface area contributed by atoms with Crippen LogP contribution in [0.3, 0.4) is 0 Å². The maximum Gasteiger partial charge on any atom is 0.0673 e. The summed E-state index contributed by atoms with van der Waals surface area (Å²) in [5.74, 6) is 0. The summed E-state index contributed by atoms with van der Waals surface area (Å²) in [6.07, 6.45) is 3.38. The van der Waals surface area contributed by atoms with Crippen molar-refractivity contribution in [3.63, 3.8) is 0 Å². The lowest BCUT2D eigenvalue weighted by molar-refractivity contribution is 0.210. The van der Waals surface area contributed by atoms with Crippen LogP contribution in [0, 0.1) is 0 Å². The maximum absolute atomic E-state index is 5.78. The van der Waals surface area contributed by atoms with Crippen LogP contribution in [0.15, 0.2) is 35.9 Å². The van der Waals surface area contributed by atoms with E-state index in [9.17, 15) is 0 Å². The minimum atomic E-state index is 0.770. The van der Waals surface area contributed by atoms with Crippen LogP contribution in [0.4, 0.5) is 5.69 Å². The minimum Gasteiger partial charge on any atom is -0.399 e. The van der Waals surface area contributed by atoms with Crippen LogP contribution in [0.5, 0.6) is 0 Å². The average Bonchev–Trinajstić information content (AvgIpc) is 2.32. The molecule has 1 aromatic carbocycles. The van der Waals surface area contributed by atoms with Crippen molar-refractivity contribution in [3.05, 3.63) is 41.5 Å². The number of benzene rings is 1. The Hall–Kier alpha value is -1.32. The van der Waals surface area contributed by atoms with Crippen LogP contribution < -0.4 is 5.73 Å². The summed E-state index contributed by atoms with van der Waals surface area (Å²) >= 11 is 0. The first kappa shape index (κ1) is 12.1. The summed E-state index contributed by atoms with van der Waals surface area (Å²) in [5.41, 5.74) is 9.32. The van der Waals surface area contributed by atoms with Crippen LogP contribution >= 0.6 is 0 Å². The van der Waals surface area contributed by atoms with Gasteiger partial charge in [0.05, 0.1) is 6.61 Å². The monoisotopic (exact) mass is 232 g/mol. The Morgan fingerprint density at radius 2 is 2.29 bits per heavy atom. The van der Waals surface area contributed by atoms with Crippen molar-refractivity contribution in [2.75, 3.05) is 32.5 Å². The van der Waals surface area contributed by atoms with E-state index in [4.69, 9.17) is 10.5 Å². The molecule has 1 aromatic rings. The van der Waals surface area contributed by atoms with Gasteiger partial charge in [-0.3, -0.25) is 4.90 Å². The molecule has 0 unspecified atom stereocenters. The zero-order chi connectivity index (χ0) is 12.1. The van der Waals surface area contributed by atoms with Gasteiger partial charge in [0.15, 0.2) is 0 Å². The molecular weight excluding hydrogens is 212 g/mol. The zero-order valence-corrected chi connectivity index (χ0v) is 10.4. The molecule has 17 heavy (non-hydrogen) atoms. The van der Waals surface area contributed by atoms with Crippen molar-refractivity contribution < 1.29 is 4.74 Å². The largest absolute Gasteiger partial charge is 0.399 e. The van der Waals surface area contributed by atoms with E-state index in [0.717, 1.165) is 38.3 Å². The van der Waals surface area contributed by atoms with Gasteiger partial charge < -0.3 is 10.5 Å². The van der Waals surface area contributed by atoms with Crippen LogP contribution in [-0.2, 0) is 11.3 Å². The Kier molecular flexibility index (Phi) is 4.18. The van der Waals surface area contributed by atoms with Gasteiger partial charge in [0.25, 0.3) is 0 Å². The third-order valence-corrected chi connectivity index (χ3v) is 3.07. The van der Waals surface area contributed by atoms with Gasteiger partial charge in [0.2, 0.25) is 0 Å². The van der Waals surface area contributed by atoms with Gasteiger partial charge >= 0.3 is 0 Å². The molecule has 0 radical (unpaired) electrons. The fourth-order valence-corrected chi connectivity index (χ4v) is 2.16. The average molecular weight is 232 g/mol. The molecule has 0 atom stereocenters. The molecule has 0 saturated carbocycles. The standard InChI is InChI=1S/C14H20N2O/c1-17-11-12-5-7-16(8-6-12)10-13-3-2-4-14(15)9-13/h2-5,9H,6-8,10-11,15H2,1H3. The molecule has 2 N–H and O–H groups in total. The number of hydrogen-bond acceptors (Lipinski definition) is 3. The van der Waals surface area contributed by atoms with Gasteiger partial charge in [-0.2, -0.15) is 0 Å². The van der Waals surface area contributed by atoms with Crippen molar-refractivity contribution in [1.29, 1.82) is 0 Å². The van der Waals surface area contributed by atoms with Crippen molar-refractivity contribution >= 4 is 5.69 Å². The Labute approximate surface area is 103 Å². The quantitative estimate of drug-likeness (QED) is 0.638. The molecule has 1 aliphatic heterocycles. The number of ether oxygens (including phenoxy) is 1. The lowest BCUT2D eigenvalue weighted by Gasteiger charge is -2.26. The highest BCUT2D eigenvalue weighted by atomic mass is 16.5. The molecule has 1 aliphatic rings. The normalized spacial score (nSPS) is 16.9. The van der Waals surface area contributed by atoms with Gasteiger partial charge in [-0.25, -0.2) is 0 Å². The highest BCUT2D eigenvalue weighted by Crippen LogP contribution is 2.15. The van der Waals surface area contributed by atoms with Crippen LogP contribution in [0.25, 0.3) is 0 Å². The van der Waals surface area contributed by atoms with Crippen molar-refractivity contribution in [2.45, 2.75) is 13.0 Å². The fourth-order valence-electron chi connectivity index (χ4n) is 2.16. The molecule has 3 heteroatoms. The highest BCUT2D eigenvalue weighted by molar-refractivity contribution is 5.40. The molecule has 2 rings (SSSR count). The number of rotatable bonds is 4. The number of anilines is 1. The Morgan fingerprint density at radius 3 is 2.94 bits per heavy atom. The molecule has 0 fully saturated rings. The van der Waals surface area contributed by atoms with E-state index in [1.54, 1.807) is 7.11 Å². The second-order valence-electron chi connectivity index (χ2n) is 4.53. The van der Waals surface area contributed by atoms with E-state index in [1.165, 1.54) is 11.1 Å². The predicted molar refractivity (Wildman–Crippen MR) is 70.7 cm³/mol. The molecule has 0 saturated heterocycles. The first-order chi connectivity index (χ1) is 8.28. The smallest absolute Gasteiger partial charge is 0.0673 e. The number of methoxy groups -OCH3 is 1. The molecule has 0 amide bonds. The topological polar surface area (TPSA) is 38.5 Å². The van der Waals surface area contributed by atoms with Crippen LogP contribution in [0.1, 0.15) is 12.0 Å². The SMILES string of the molecule is COCC1=CCN(Cc2cccc(N)c2)CC1. The van der Waals surface area contributed by atoms with Gasteiger partial charge in [-0.1, -0.05) is 18.2 Å². The van der Waals surface area contributed by atoms with Crippen molar-refractivity contribution in [3.8, 4) is 0 Å². The van der Waals surface area contributed by atoms with Gasteiger partial charge in [-0.05, 0) is 29.7 Å². The second kappa shape index (κ2) is 5.84. The maximum atomic E-state index is 5.78. The minimum absolute atomic E-state index is 0.770. The second-order valence-corrected chi connectivity index (χ2v) is 4.53. The number of nitrogen functional groups attached to an aromatic ring is 1. The van der Waals surface area contributed by atoms with Crippen molar-refractivity contribution in [2.24, 2.45) is 0 Å². The summed E-state index contributed by atoms with van der Waals surface area (Å²) in [4.78, 5) is 2.42. The zero-order valence-electron chi connectivity index (χ0n) is 10.4. The third kappa shape index (κ3) is 3.58. The van der Waals surface area contributed by atoms with E-state index in [-0.39, 0.29) is 0 Å². The lowest BCUT2D eigenvalue weighted by atomic mass is 10.1. The van der Waals surface area contributed by atoms with Gasteiger partial charge in [0.1, 0.15) is 0 Å². The Morgan fingerprint density at radius 1 is 1.41 bits per heavy atom. The lowest BCUT2D eigenvalue weighted by Crippen LogP contribution is -2.29.